The first-order chi connectivity index (χ1) is 12.8. The van der Waals surface area contributed by atoms with E-state index in [1.165, 1.54) is 18.2 Å². The van der Waals surface area contributed by atoms with Crippen LogP contribution >= 0.6 is 0 Å². The van der Waals surface area contributed by atoms with E-state index in [0.717, 1.165) is 5.56 Å². The lowest BCUT2D eigenvalue weighted by atomic mass is 10.2. The Hall–Kier alpha value is -2.87. The van der Waals surface area contributed by atoms with Crippen molar-refractivity contribution in [2.45, 2.75) is 24.8 Å². The molecule has 1 heterocycles. The van der Waals surface area contributed by atoms with E-state index >= 15 is 0 Å². The van der Waals surface area contributed by atoms with Crippen LogP contribution in [0.25, 0.3) is 0 Å². The summed E-state index contributed by atoms with van der Waals surface area (Å²) in [7, 11) is -4.00. The predicted molar refractivity (Wildman–Crippen MR) is 98.9 cm³/mol. The quantitative estimate of drug-likeness (QED) is 0.813. The summed E-state index contributed by atoms with van der Waals surface area (Å²) in [5, 5.41) is 2.66. The molecule has 0 bridgehead atoms. The molecule has 0 fully saturated rings. The standard InChI is InChI=1S/C19H20N2O5S/c1-13-7-3-5-9-16(13)26-12-14(2)20-18(22)11-21-19(23)15-8-4-6-10-17(15)27(21,24)25/h3-10,14H,11-12H2,1-2H3,(H,20,22). The number of ether oxygens (including phenoxy) is 1. The Labute approximate surface area is 158 Å². The lowest BCUT2D eigenvalue weighted by molar-refractivity contribution is -0.121. The number of benzene rings is 2. The molecule has 2 amide bonds. The Bertz CT molecular complexity index is 987. The molecular formula is C19H20N2O5S. The van der Waals surface area contributed by atoms with E-state index in [4.69, 9.17) is 4.74 Å². The van der Waals surface area contributed by atoms with E-state index in [-0.39, 0.29) is 23.1 Å². The minimum absolute atomic E-state index is 0.0706. The van der Waals surface area contributed by atoms with Gasteiger partial charge in [0.15, 0.2) is 0 Å². The number of rotatable bonds is 6. The summed E-state index contributed by atoms with van der Waals surface area (Å²) >= 11 is 0. The fourth-order valence-corrected chi connectivity index (χ4v) is 4.34. The summed E-state index contributed by atoms with van der Waals surface area (Å²) in [6.45, 7) is 3.31. The van der Waals surface area contributed by atoms with E-state index in [1.807, 2.05) is 31.2 Å². The van der Waals surface area contributed by atoms with Crippen LogP contribution in [-0.2, 0) is 14.8 Å². The number of para-hydroxylation sites is 1. The lowest BCUT2D eigenvalue weighted by Crippen LogP contribution is -2.44. The number of carbonyl (C=O) groups excluding carboxylic acids is 2. The number of amides is 2. The van der Waals surface area contributed by atoms with Crippen molar-refractivity contribution in [3.8, 4) is 5.75 Å². The highest BCUT2D eigenvalue weighted by Gasteiger charge is 2.41. The molecule has 7 nitrogen and oxygen atoms in total. The summed E-state index contributed by atoms with van der Waals surface area (Å²) < 4.78 is 31.2. The Morgan fingerprint density at radius 1 is 1.15 bits per heavy atom. The molecule has 142 valence electrons. The van der Waals surface area contributed by atoms with Crippen molar-refractivity contribution in [1.82, 2.24) is 9.62 Å². The van der Waals surface area contributed by atoms with Crippen molar-refractivity contribution in [3.05, 3.63) is 59.7 Å². The van der Waals surface area contributed by atoms with Crippen molar-refractivity contribution in [3.63, 3.8) is 0 Å². The van der Waals surface area contributed by atoms with Crippen LogP contribution in [-0.4, -0.2) is 43.7 Å². The summed E-state index contributed by atoms with van der Waals surface area (Å²) in [6, 6.07) is 13.1. The van der Waals surface area contributed by atoms with Gasteiger partial charge in [-0.2, -0.15) is 0 Å². The predicted octanol–water partition coefficient (Wildman–Crippen LogP) is 1.72. The molecule has 0 saturated heterocycles. The normalized spacial score (nSPS) is 15.9. The maximum atomic E-state index is 12.5. The molecule has 27 heavy (non-hydrogen) atoms. The number of fused-ring (bicyclic) bond motifs is 1. The second-order valence-electron chi connectivity index (χ2n) is 6.36. The van der Waals surface area contributed by atoms with Crippen molar-refractivity contribution in [1.29, 1.82) is 0 Å². The van der Waals surface area contributed by atoms with Gasteiger partial charge in [0.05, 0.1) is 11.6 Å². The zero-order valence-corrected chi connectivity index (χ0v) is 15.8. The maximum Gasteiger partial charge on any atom is 0.269 e. The van der Waals surface area contributed by atoms with Crippen LogP contribution in [0.3, 0.4) is 0 Å². The van der Waals surface area contributed by atoms with Gasteiger partial charge in [-0.15, -0.1) is 0 Å². The molecule has 0 saturated carbocycles. The molecule has 1 N–H and O–H groups in total. The summed E-state index contributed by atoms with van der Waals surface area (Å²) in [6.07, 6.45) is 0. The monoisotopic (exact) mass is 388 g/mol. The van der Waals surface area contributed by atoms with Gasteiger partial charge in [-0.3, -0.25) is 9.59 Å². The fourth-order valence-electron chi connectivity index (χ4n) is 2.81. The molecule has 1 aliphatic rings. The average molecular weight is 388 g/mol. The van der Waals surface area contributed by atoms with Gasteiger partial charge < -0.3 is 10.1 Å². The second kappa shape index (κ2) is 7.40. The van der Waals surface area contributed by atoms with E-state index in [0.29, 0.717) is 10.1 Å². The first kappa shape index (κ1) is 18.9. The largest absolute Gasteiger partial charge is 0.491 e. The van der Waals surface area contributed by atoms with Gasteiger partial charge >= 0.3 is 0 Å². The van der Waals surface area contributed by atoms with Crippen LogP contribution < -0.4 is 10.1 Å². The zero-order valence-electron chi connectivity index (χ0n) is 15.0. The molecule has 3 rings (SSSR count). The van der Waals surface area contributed by atoms with Crippen LogP contribution in [0.5, 0.6) is 5.75 Å². The first-order valence-electron chi connectivity index (χ1n) is 8.44. The zero-order chi connectivity index (χ0) is 19.6. The van der Waals surface area contributed by atoms with Gasteiger partial charge in [0, 0.05) is 0 Å². The Kier molecular flexibility index (Phi) is 5.18. The van der Waals surface area contributed by atoms with Crippen LogP contribution in [0.2, 0.25) is 0 Å². The first-order valence-corrected chi connectivity index (χ1v) is 9.88. The molecule has 0 aliphatic carbocycles. The van der Waals surface area contributed by atoms with Gasteiger partial charge in [0.25, 0.3) is 15.9 Å². The fraction of sp³-hybridized carbons (Fsp3) is 0.263. The highest BCUT2D eigenvalue weighted by atomic mass is 32.2. The van der Waals surface area contributed by atoms with Crippen molar-refractivity contribution in [2.75, 3.05) is 13.2 Å². The van der Waals surface area contributed by atoms with Crippen LogP contribution in [0, 0.1) is 6.92 Å². The third-order valence-electron chi connectivity index (χ3n) is 4.19. The molecule has 0 spiro atoms. The summed E-state index contributed by atoms with van der Waals surface area (Å²) in [4.78, 5) is 24.5. The summed E-state index contributed by atoms with van der Waals surface area (Å²) in [5.41, 5.74) is 1.06. The van der Waals surface area contributed by atoms with Crippen LogP contribution in [0.4, 0.5) is 0 Å². The van der Waals surface area contributed by atoms with Gasteiger partial charge in [0.2, 0.25) is 5.91 Å². The topological polar surface area (TPSA) is 92.8 Å². The Morgan fingerprint density at radius 3 is 2.52 bits per heavy atom. The number of nitrogens with one attached hydrogen (secondary N) is 1. The molecule has 8 heteroatoms. The van der Waals surface area contributed by atoms with Gasteiger partial charge in [-0.25, -0.2) is 12.7 Å². The Morgan fingerprint density at radius 2 is 1.81 bits per heavy atom. The number of sulfonamides is 1. The maximum absolute atomic E-state index is 12.5. The number of carbonyl (C=O) groups is 2. The average Bonchev–Trinajstić information content (AvgIpc) is 2.82. The van der Waals surface area contributed by atoms with Crippen molar-refractivity contribution < 1.29 is 22.7 Å². The number of aryl methyl sites for hydroxylation is 1. The SMILES string of the molecule is Cc1ccccc1OCC(C)NC(=O)CN1C(=O)c2ccccc2S1(=O)=O. The molecule has 0 radical (unpaired) electrons. The molecule has 1 atom stereocenters. The van der Waals surface area contributed by atoms with E-state index in [9.17, 15) is 18.0 Å². The van der Waals surface area contributed by atoms with Gasteiger partial charge in [-0.1, -0.05) is 30.3 Å². The molecular weight excluding hydrogens is 368 g/mol. The van der Waals surface area contributed by atoms with E-state index < -0.39 is 28.4 Å². The molecule has 2 aromatic rings. The van der Waals surface area contributed by atoms with Crippen LogP contribution in [0.15, 0.2) is 53.4 Å². The molecule has 1 aliphatic heterocycles. The highest BCUT2D eigenvalue weighted by molar-refractivity contribution is 7.90. The van der Waals surface area contributed by atoms with E-state index in [1.54, 1.807) is 13.0 Å². The third kappa shape index (κ3) is 3.80. The van der Waals surface area contributed by atoms with E-state index in [2.05, 4.69) is 5.32 Å². The van der Waals surface area contributed by atoms with Gasteiger partial charge in [-0.05, 0) is 37.6 Å². The molecule has 1 unspecified atom stereocenters. The minimum Gasteiger partial charge on any atom is -0.491 e. The highest BCUT2D eigenvalue weighted by Crippen LogP contribution is 2.29. The van der Waals surface area contributed by atoms with Crippen LogP contribution in [0.1, 0.15) is 22.8 Å². The summed E-state index contributed by atoms with van der Waals surface area (Å²) in [5.74, 6) is -0.545. The number of hydrogen-bond donors (Lipinski definition) is 1. The third-order valence-corrected chi connectivity index (χ3v) is 5.98. The smallest absolute Gasteiger partial charge is 0.269 e. The molecule has 0 aromatic heterocycles. The Balaban J connectivity index is 1.60. The van der Waals surface area contributed by atoms with Crippen molar-refractivity contribution >= 4 is 21.8 Å². The second-order valence-corrected chi connectivity index (χ2v) is 8.19. The van der Waals surface area contributed by atoms with Gasteiger partial charge in [0.1, 0.15) is 23.8 Å². The molecule has 2 aromatic carbocycles. The van der Waals surface area contributed by atoms with Crippen molar-refractivity contribution in [2.24, 2.45) is 0 Å². The minimum atomic E-state index is -4.00. The number of hydrogen-bond acceptors (Lipinski definition) is 5. The lowest BCUT2D eigenvalue weighted by Gasteiger charge is -2.19. The number of nitrogens with zero attached hydrogens (tertiary/aromatic N) is 1.